The SMILES string of the molecule is CC1CC[C@@H](C)C2N=NNC2C1. The van der Waals surface area contributed by atoms with Crippen LogP contribution in [0.15, 0.2) is 10.3 Å². The molecule has 0 saturated heterocycles. The molecular formula is C9H17N3. The largest absolute Gasteiger partial charge is 0.286 e. The molecule has 0 aromatic rings. The summed E-state index contributed by atoms with van der Waals surface area (Å²) in [6, 6.07) is 0.979. The maximum absolute atomic E-state index is 4.25. The average Bonchev–Trinajstić information content (AvgIpc) is 2.44. The molecule has 0 radical (unpaired) electrons. The van der Waals surface area contributed by atoms with E-state index in [9.17, 15) is 0 Å². The van der Waals surface area contributed by atoms with Crippen LogP contribution in [-0.4, -0.2) is 12.1 Å². The highest BCUT2D eigenvalue weighted by Gasteiger charge is 2.34. The molecule has 4 atom stereocenters. The van der Waals surface area contributed by atoms with E-state index in [-0.39, 0.29) is 0 Å². The number of hydrogen-bond donors (Lipinski definition) is 1. The molecule has 0 spiro atoms. The van der Waals surface area contributed by atoms with Crippen LogP contribution < -0.4 is 5.43 Å². The van der Waals surface area contributed by atoms with Gasteiger partial charge in [0.1, 0.15) is 0 Å². The molecule has 0 bridgehead atoms. The maximum Gasteiger partial charge on any atom is 0.0972 e. The van der Waals surface area contributed by atoms with Gasteiger partial charge in [0.05, 0.1) is 12.1 Å². The van der Waals surface area contributed by atoms with Gasteiger partial charge in [-0.1, -0.05) is 25.5 Å². The van der Waals surface area contributed by atoms with Crippen molar-refractivity contribution in [2.24, 2.45) is 22.2 Å². The standard InChI is InChI=1S/C9H17N3/c1-6-3-4-7(2)9-8(5-6)10-12-11-9/h6-9H,3-5H2,1-2H3,(H,10,11)/t6?,7-,8?,9?/m1/s1. The first-order valence-electron chi connectivity index (χ1n) is 4.92. The van der Waals surface area contributed by atoms with Crippen LogP contribution in [0.25, 0.3) is 0 Å². The molecular weight excluding hydrogens is 150 g/mol. The Kier molecular flexibility index (Phi) is 2.03. The minimum absolute atomic E-state index is 0.454. The number of rotatable bonds is 0. The van der Waals surface area contributed by atoms with E-state index in [4.69, 9.17) is 0 Å². The van der Waals surface area contributed by atoms with Crippen molar-refractivity contribution >= 4 is 0 Å². The van der Waals surface area contributed by atoms with Gasteiger partial charge < -0.3 is 0 Å². The Hall–Kier alpha value is -0.600. The summed E-state index contributed by atoms with van der Waals surface area (Å²) in [4.78, 5) is 0. The van der Waals surface area contributed by atoms with Crippen molar-refractivity contribution < 1.29 is 0 Å². The van der Waals surface area contributed by atoms with Crippen LogP contribution in [0.3, 0.4) is 0 Å². The lowest BCUT2D eigenvalue weighted by Gasteiger charge is -2.17. The van der Waals surface area contributed by atoms with Gasteiger partial charge in [-0.05, 0) is 24.7 Å². The van der Waals surface area contributed by atoms with E-state index < -0.39 is 0 Å². The molecule has 3 unspecified atom stereocenters. The normalized spacial score (nSPS) is 46.5. The number of nitrogens with zero attached hydrogens (tertiary/aromatic N) is 2. The van der Waals surface area contributed by atoms with Gasteiger partial charge in [-0.15, -0.1) is 0 Å². The molecule has 2 aliphatic rings. The molecule has 1 saturated carbocycles. The molecule has 68 valence electrons. The number of fused-ring (bicyclic) bond motifs is 1. The second-order valence-corrected chi connectivity index (χ2v) is 4.34. The van der Waals surface area contributed by atoms with Gasteiger partial charge in [-0.2, -0.15) is 5.11 Å². The highest BCUT2D eigenvalue weighted by Crippen LogP contribution is 2.31. The summed E-state index contributed by atoms with van der Waals surface area (Å²) >= 11 is 0. The van der Waals surface area contributed by atoms with Crippen LogP contribution in [0.5, 0.6) is 0 Å². The summed E-state index contributed by atoms with van der Waals surface area (Å²) in [5, 5.41) is 8.18. The zero-order valence-corrected chi connectivity index (χ0v) is 7.83. The van der Waals surface area contributed by atoms with E-state index in [1.165, 1.54) is 19.3 Å². The monoisotopic (exact) mass is 167 g/mol. The zero-order valence-electron chi connectivity index (χ0n) is 7.83. The van der Waals surface area contributed by atoms with Crippen LogP contribution in [0.1, 0.15) is 33.1 Å². The molecule has 1 fully saturated rings. The van der Waals surface area contributed by atoms with Crippen molar-refractivity contribution in [2.45, 2.75) is 45.2 Å². The van der Waals surface area contributed by atoms with Crippen LogP contribution in [0.2, 0.25) is 0 Å². The van der Waals surface area contributed by atoms with Gasteiger partial charge >= 0.3 is 0 Å². The topological polar surface area (TPSA) is 36.8 Å². The van der Waals surface area contributed by atoms with E-state index in [1.807, 2.05) is 0 Å². The lowest BCUT2D eigenvalue weighted by atomic mass is 9.95. The Morgan fingerprint density at radius 2 is 2.08 bits per heavy atom. The smallest absolute Gasteiger partial charge is 0.0972 e. The summed E-state index contributed by atoms with van der Waals surface area (Å²) in [5.74, 6) is 1.54. The van der Waals surface area contributed by atoms with Gasteiger partial charge in [-0.3, -0.25) is 5.43 Å². The molecule has 0 aromatic carbocycles. The maximum atomic E-state index is 4.25. The van der Waals surface area contributed by atoms with Crippen molar-refractivity contribution in [1.29, 1.82) is 0 Å². The van der Waals surface area contributed by atoms with Gasteiger partial charge in [0.15, 0.2) is 0 Å². The predicted molar refractivity (Wildman–Crippen MR) is 47.7 cm³/mol. The first-order chi connectivity index (χ1) is 5.77. The molecule has 12 heavy (non-hydrogen) atoms. The lowest BCUT2D eigenvalue weighted by Crippen LogP contribution is -2.33. The van der Waals surface area contributed by atoms with Gasteiger partial charge in [0.25, 0.3) is 0 Å². The fourth-order valence-electron chi connectivity index (χ4n) is 2.30. The van der Waals surface area contributed by atoms with E-state index >= 15 is 0 Å². The summed E-state index contributed by atoms with van der Waals surface area (Å²) in [6.45, 7) is 4.62. The van der Waals surface area contributed by atoms with Crippen LogP contribution >= 0.6 is 0 Å². The zero-order chi connectivity index (χ0) is 8.55. The minimum atomic E-state index is 0.454. The number of hydrogen-bond acceptors (Lipinski definition) is 3. The van der Waals surface area contributed by atoms with Gasteiger partial charge in [0, 0.05) is 0 Å². The van der Waals surface area contributed by atoms with Gasteiger partial charge in [0.2, 0.25) is 0 Å². The predicted octanol–water partition coefficient (Wildman–Crippen LogP) is 2.15. The van der Waals surface area contributed by atoms with Crippen LogP contribution in [0, 0.1) is 11.8 Å². The minimum Gasteiger partial charge on any atom is -0.286 e. The third kappa shape index (κ3) is 1.32. The fourth-order valence-corrected chi connectivity index (χ4v) is 2.30. The lowest BCUT2D eigenvalue weighted by molar-refractivity contribution is 0.392. The van der Waals surface area contributed by atoms with Crippen molar-refractivity contribution in [2.75, 3.05) is 0 Å². The molecule has 2 rings (SSSR count). The number of nitrogens with one attached hydrogen (secondary N) is 1. The van der Waals surface area contributed by atoms with Crippen LogP contribution in [0.4, 0.5) is 0 Å². The Labute approximate surface area is 73.6 Å². The molecule has 1 N–H and O–H groups in total. The van der Waals surface area contributed by atoms with E-state index in [2.05, 4.69) is 29.6 Å². The van der Waals surface area contributed by atoms with Crippen molar-refractivity contribution in [3.63, 3.8) is 0 Å². The van der Waals surface area contributed by atoms with Crippen molar-refractivity contribution in [3.8, 4) is 0 Å². The second-order valence-electron chi connectivity index (χ2n) is 4.34. The van der Waals surface area contributed by atoms with E-state index in [1.54, 1.807) is 0 Å². The Balaban J connectivity index is 2.09. The molecule has 0 aromatic heterocycles. The summed E-state index contributed by atoms with van der Waals surface area (Å²) in [6.07, 6.45) is 3.90. The van der Waals surface area contributed by atoms with Crippen LogP contribution in [-0.2, 0) is 0 Å². The molecule has 3 nitrogen and oxygen atoms in total. The Morgan fingerprint density at radius 1 is 1.25 bits per heavy atom. The first-order valence-corrected chi connectivity index (χ1v) is 4.92. The average molecular weight is 167 g/mol. The quantitative estimate of drug-likeness (QED) is 0.589. The van der Waals surface area contributed by atoms with Gasteiger partial charge in [-0.25, -0.2) is 0 Å². The van der Waals surface area contributed by atoms with Crippen molar-refractivity contribution in [1.82, 2.24) is 5.43 Å². The molecule has 0 amide bonds. The fraction of sp³-hybridized carbons (Fsp3) is 1.00. The summed E-state index contributed by atoms with van der Waals surface area (Å²) in [5.41, 5.74) is 3.12. The Morgan fingerprint density at radius 3 is 2.92 bits per heavy atom. The molecule has 1 heterocycles. The highest BCUT2D eigenvalue weighted by molar-refractivity contribution is 4.91. The van der Waals surface area contributed by atoms with Crippen molar-refractivity contribution in [3.05, 3.63) is 0 Å². The molecule has 3 heteroatoms. The van der Waals surface area contributed by atoms with E-state index in [0.717, 1.165) is 5.92 Å². The van der Waals surface area contributed by atoms with E-state index in [0.29, 0.717) is 18.0 Å². The first kappa shape index (κ1) is 8.02. The second kappa shape index (κ2) is 3.04. The third-order valence-corrected chi connectivity index (χ3v) is 3.18. The molecule has 1 aliphatic carbocycles. The molecule has 1 aliphatic heterocycles. The summed E-state index contributed by atoms with van der Waals surface area (Å²) < 4.78 is 0. The Bertz CT molecular complexity index is 190. The third-order valence-electron chi connectivity index (χ3n) is 3.18. The summed E-state index contributed by atoms with van der Waals surface area (Å²) in [7, 11) is 0. The highest BCUT2D eigenvalue weighted by atomic mass is 15.5.